The molecule has 2 rings (SSSR count). The number of fused-ring (bicyclic) bond motifs is 1. The minimum Gasteiger partial charge on any atom is -0.481 e. The summed E-state index contributed by atoms with van der Waals surface area (Å²) in [5.74, 6) is -2.50. The Bertz CT molecular complexity index is 510. The SMILES string of the molecule is N[C@@H](CC(=O)O)C(=O)O.c1ncc2[nH]cnc2n1. The van der Waals surface area contributed by atoms with Gasteiger partial charge in [-0.25, -0.2) is 15.0 Å². The van der Waals surface area contributed by atoms with Gasteiger partial charge in [-0.15, -0.1) is 0 Å². The maximum absolute atomic E-state index is 9.85. The molecule has 9 heteroatoms. The summed E-state index contributed by atoms with van der Waals surface area (Å²) < 4.78 is 0. The highest BCUT2D eigenvalue weighted by molar-refractivity contribution is 5.80. The van der Waals surface area contributed by atoms with Gasteiger partial charge in [0.05, 0.1) is 18.9 Å². The minimum absolute atomic E-state index is 0.532. The van der Waals surface area contributed by atoms with E-state index in [1.165, 1.54) is 6.33 Å². The van der Waals surface area contributed by atoms with Crippen molar-refractivity contribution >= 4 is 23.1 Å². The summed E-state index contributed by atoms with van der Waals surface area (Å²) in [4.78, 5) is 34.1. The summed E-state index contributed by atoms with van der Waals surface area (Å²) in [7, 11) is 0. The number of aromatic amines is 1. The van der Waals surface area contributed by atoms with Gasteiger partial charge < -0.3 is 20.9 Å². The lowest BCUT2D eigenvalue weighted by molar-refractivity contribution is -0.144. The smallest absolute Gasteiger partial charge is 0.321 e. The minimum atomic E-state index is -1.29. The van der Waals surface area contributed by atoms with Gasteiger partial charge in [-0.1, -0.05) is 0 Å². The van der Waals surface area contributed by atoms with E-state index >= 15 is 0 Å². The van der Waals surface area contributed by atoms with Gasteiger partial charge in [0.2, 0.25) is 0 Å². The van der Waals surface area contributed by atoms with Crippen LogP contribution in [0.5, 0.6) is 0 Å². The van der Waals surface area contributed by atoms with Crippen LogP contribution in [0, 0.1) is 0 Å². The summed E-state index contributed by atoms with van der Waals surface area (Å²) in [6.45, 7) is 0. The highest BCUT2D eigenvalue weighted by atomic mass is 16.4. The maximum Gasteiger partial charge on any atom is 0.321 e. The second-order valence-corrected chi connectivity index (χ2v) is 3.21. The number of carboxylic acid groups (broad SMARTS) is 2. The number of nitrogens with one attached hydrogen (secondary N) is 1. The molecule has 0 aromatic carbocycles. The maximum atomic E-state index is 9.85. The number of aromatic nitrogens is 4. The second-order valence-electron chi connectivity index (χ2n) is 3.21. The van der Waals surface area contributed by atoms with E-state index < -0.39 is 24.4 Å². The standard InChI is InChI=1S/C5H4N4.C4H7NO4/c1-4-5(8-2-6-1)9-3-7-4;5-2(4(8)9)1-3(6)7/h1-3H,(H,6,7,8,9);2H,1,5H2,(H,6,7)(H,8,9)/t;2-/m.0/s1. The monoisotopic (exact) mass is 253 g/mol. The third-order valence-corrected chi connectivity index (χ3v) is 1.81. The van der Waals surface area contributed by atoms with Crippen LogP contribution in [0.25, 0.3) is 11.2 Å². The quantitative estimate of drug-likeness (QED) is 0.555. The Morgan fingerprint density at radius 2 is 2.11 bits per heavy atom. The summed E-state index contributed by atoms with van der Waals surface area (Å²) >= 11 is 0. The van der Waals surface area contributed by atoms with Crippen molar-refractivity contribution in [1.29, 1.82) is 0 Å². The van der Waals surface area contributed by atoms with Gasteiger partial charge in [0, 0.05) is 0 Å². The first kappa shape index (κ1) is 13.5. The van der Waals surface area contributed by atoms with Gasteiger partial charge in [0.1, 0.15) is 17.9 Å². The molecule has 9 nitrogen and oxygen atoms in total. The Labute approximate surface area is 101 Å². The number of nitrogens with zero attached hydrogens (tertiary/aromatic N) is 3. The first-order chi connectivity index (χ1) is 8.50. The molecule has 5 N–H and O–H groups in total. The zero-order valence-electron chi connectivity index (χ0n) is 9.15. The van der Waals surface area contributed by atoms with Crippen molar-refractivity contribution in [3.8, 4) is 0 Å². The Hall–Kier alpha value is -2.55. The fourth-order valence-electron chi connectivity index (χ4n) is 0.966. The highest BCUT2D eigenvalue weighted by Gasteiger charge is 2.14. The molecular weight excluding hydrogens is 242 g/mol. The molecule has 0 radical (unpaired) electrons. The number of carbonyl (C=O) groups is 2. The van der Waals surface area contributed by atoms with Crippen molar-refractivity contribution in [2.24, 2.45) is 5.73 Å². The van der Waals surface area contributed by atoms with Crippen molar-refractivity contribution in [3.63, 3.8) is 0 Å². The van der Waals surface area contributed by atoms with Crippen LogP contribution in [0.15, 0.2) is 18.9 Å². The van der Waals surface area contributed by atoms with Crippen molar-refractivity contribution in [2.45, 2.75) is 12.5 Å². The number of hydrogen-bond donors (Lipinski definition) is 4. The number of carboxylic acids is 2. The predicted octanol–water partition coefficient (Wildman–Crippen LogP) is -0.774. The van der Waals surface area contributed by atoms with Gasteiger partial charge in [0.25, 0.3) is 0 Å². The molecule has 1 atom stereocenters. The molecule has 0 fully saturated rings. The molecule has 0 spiro atoms. The topological polar surface area (TPSA) is 155 Å². The van der Waals surface area contributed by atoms with Crippen LogP contribution < -0.4 is 5.73 Å². The molecule has 18 heavy (non-hydrogen) atoms. The number of imidazole rings is 1. The van der Waals surface area contributed by atoms with Gasteiger partial charge in [0.15, 0.2) is 5.65 Å². The van der Waals surface area contributed by atoms with Gasteiger partial charge in [-0.05, 0) is 0 Å². The molecule has 0 bridgehead atoms. The van der Waals surface area contributed by atoms with Crippen molar-refractivity contribution in [3.05, 3.63) is 18.9 Å². The van der Waals surface area contributed by atoms with Crippen LogP contribution in [0.1, 0.15) is 6.42 Å². The summed E-state index contributed by atoms with van der Waals surface area (Å²) in [6, 6.07) is -1.29. The molecule has 96 valence electrons. The number of H-pyrrole nitrogens is 1. The van der Waals surface area contributed by atoms with Crippen LogP contribution in [-0.2, 0) is 9.59 Å². The molecule has 0 amide bonds. The van der Waals surface area contributed by atoms with Crippen LogP contribution in [-0.4, -0.2) is 48.1 Å². The van der Waals surface area contributed by atoms with Gasteiger partial charge in [-0.2, -0.15) is 0 Å². The number of hydrogen-bond acceptors (Lipinski definition) is 6. The fraction of sp³-hybridized carbons (Fsp3) is 0.222. The van der Waals surface area contributed by atoms with Crippen molar-refractivity contribution in [2.75, 3.05) is 0 Å². The third-order valence-electron chi connectivity index (χ3n) is 1.81. The van der Waals surface area contributed by atoms with Crippen LogP contribution in [0.4, 0.5) is 0 Å². The summed E-state index contributed by atoms with van der Waals surface area (Å²) in [5.41, 5.74) is 6.42. The first-order valence-electron chi connectivity index (χ1n) is 4.80. The van der Waals surface area contributed by atoms with E-state index in [-0.39, 0.29) is 0 Å². The molecule has 2 heterocycles. The lowest BCUT2D eigenvalue weighted by Crippen LogP contribution is -2.32. The lowest BCUT2D eigenvalue weighted by atomic mass is 10.2. The molecule has 0 aliphatic rings. The van der Waals surface area contributed by atoms with E-state index in [9.17, 15) is 9.59 Å². The Balaban J connectivity index is 0.000000180. The van der Waals surface area contributed by atoms with Crippen LogP contribution in [0.3, 0.4) is 0 Å². The first-order valence-corrected chi connectivity index (χ1v) is 4.80. The molecule has 0 aliphatic carbocycles. The molecule has 2 aromatic rings. The Morgan fingerprint density at radius 3 is 2.61 bits per heavy atom. The van der Waals surface area contributed by atoms with E-state index in [0.717, 1.165) is 5.52 Å². The fourth-order valence-corrected chi connectivity index (χ4v) is 0.966. The summed E-state index contributed by atoms with van der Waals surface area (Å²) in [6.07, 6.45) is 4.23. The van der Waals surface area contributed by atoms with Gasteiger partial charge in [-0.3, -0.25) is 9.59 Å². The molecule has 0 saturated carbocycles. The summed E-state index contributed by atoms with van der Waals surface area (Å²) in [5, 5.41) is 16.0. The van der Waals surface area contributed by atoms with E-state index in [0.29, 0.717) is 5.65 Å². The Morgan fingerprint density at radius 1 is 1.39 bits per heavy atom. The molecule has 0 aliphatic heterocycles. The predicted molar refractivity (Wildman–Crippen MR) is 59.5 cm³/mol. The molecular formula is C9H11N5O4. The third kappa shape index (κ3) is 4.14. The van der Waals surface area contributed by atoms with E-state index in [2.05, 4.69) is 19.9 Å². The van der Waals surface area contributed by atoms with Crippen LogP contribution in [0.2, 0.25) is 0 Å². The molecule has 2 aromatic heterocycles. The number of nitrogens with two attached hydrogens (primary N) is 1. The van der Waals surface area contributed by atoms with Gasteiger partial charge >= 0.3 is 11.9 Å². The van der Waals surface area contributed by atoms with Crippen LogP contribution >= 0.6 is 0 Å². The normalized spacial score (nSPS) is 11.4. The van der Waals surface area contributed by atoms with E-state index in [1.807, 2.05) is 0 Å². The Kier molecular flexibility index (Phi) is 4.69. The largest absolute Gasteiger partial charge is 0.481 e. The van der Waals surface area contributed by atoms with E-state index in [1.54, 1.807) is 12.5 Å². The molecule has 0 saturated heterocycles. The second kappa shape index (κ2) is 6.25. The van der Waals surface area contributed by atoms with Crippen molar-refractivity contribution in [1.82, 2.24) is 19.9 Å². The van der Waals surface area contributed by atoms with Crippen molar-refractivity contribution < 1.29 is 19.8 Å². The number of rotatable bonds is 3. The molecule has 0 unspecified atom stereocenters. The highest BCUT2D eigenvalue weighted by Crippen LogP contribution is 1.99. The lowest BCUT2D eigenvalue weighted by Gasteiger charge is -1.99. The zero-order chi connectivity index (χ0) is 13.5. The van der Waals surface area contributed by atoms with E-state index in [4.69, 9.17) is 15.9 Å². The average molecular weight is 253 g/mol. The zero-order valence-corrected chi connectivity index (χ0v) is 9.15. The average Bonchev–Trinajstić information content (AvgIpc) is 2.76. The number of aliphatic carboxylic acids is 2.